The van der Waals surface area contributed by atoms with Gasteiger partial charge in [0.1, 0.15) is 5.82 Å². The highest BCUT2D eigenvalue weighted by Crippen LogP contribution is 2.31. The monoisotopic (exact) mass is 331 g/mol. The van der Waals surface area contributed by atoms with Gasteiger partial charge in [-0.15, -0.1) is 0 Å². The second-order valence-electron chi connectivity index (χ2n) is 4.22. The standard InChI is InChI=1S/C13H15FIN/c1-10(11-2-4-13(14)5-3-11)12-6-8-16(15)9-7-12/h2-5,12H,1,6-9H2. The van der Waals surface area contributed by atoms with Crippen molar-refractivity contribution in [2.45, 2.75) is 12.8 Å². The van der Waals surface area contributed by atoms with E-state index >= 15 is 0 Å². The maximum Gasteiger partial charge on any atom is 0.123 e. The molecule has 0 atom stereocenters. The average molecular weight is 331 g/mol. The molecule has 1 aromatic rings. The van der Waals surface area contributed by atoms with Crippen molar-refractivity contribution in [3.05, 3.63) is 42.2 Å². The Bertz CT molecular complexity index is 366. The van der Waals surface area contributed by atoms with Gasteiger partial charge in [-0.25, -0.2) is 7.50 Å². The molecule has 0 N–H and O–H groups in total. The van der Waals surface area contributed by atoms with Crippen molar-refractivity contribution in [2.75, 3.05) is 13.1 Å². The zero-order valence-electron chi connectivity index (χ0n) is 9.13. The van der Waals surface area contributed by atoms with Crippen LogP contribution in [-0.2, 0) is 0 Å². The Balaban J connectivity index is 2.05. The SMILES string of the molecule is C=C(c1ccc(F)cc1)C1CCN(I)CC1. The number of allylic oxidation sites excluding steroid dienone is 1. The maximum atomic E-state index is 12.8. The topological polar surface area (TPSA) is 3.24 Å². The van der Waals surface area contributed by atoms with Crippen LogP contribution in [0.4, 0.5) is 4.39 Å². The predicted molar refractivity (Wildman–Crippen MR) is 73.8 cm³/mol. The summed E-state index contributed by atoms with van der Waals surface area (Å²) in [4.78, 5) is 0. The summed E-state index contributed by atoms with van der Waals surface area (Å²) in [6.07, 6.45) is 2.30. The smallest absolute Gasteiger partial charge is 0.123 e. The summed E-state index contributed by atoms with van der Waals surface area (Å²) in [5, 5.41) is 0. The van der Waals surface area contributed by atoms with Gasteiger partial charge in [0.15, 0.2) is 0 Å². The Hall–Kier alpha value is -0.420. The molecule has 1 aliphatic rings. The molecule has 1 fully saturated rings. The van der Waals surface area contributed by atoms with Gasteiger partial charge in [-0.1, -0.05) is 18.7 Å². The van der Waals surface area contributed by atoms with Crippen LogP contribution in [0.25, 0.3) is 5.57 Å². The van der Waals surface area contributed by atoms with Crippen molar-refractivity contribution < 1.29 is 4.39 Å². The Kier molecular flexibility index (Phi) is 3.97. The number of hydrogen-bond acceptors (Lipinski definition) is 1. The van der Waals surface area contributed by atoms with Crippen LogP contribution in [0.5, 0.6) is 0 Å². The van der Waals surface area contributed by atoms with Gasteiger partial charge in [-0.2, -0.15) is 0 Å². The highest BCUT2D eigenvalue weighted by atomic mass is 127. The van der Waals surface area contributed by atoms with E-state index in [2.05, 4.69) is 32.6 Å². The lowest BCUT2D eigenvalue weighted by Crippen LogP contribution is -2.26. The number of piperidine rings is 1. The molecule has 1 saturated heterocycles. The van der Waals surface area contributed by atoms with Crippen LogP contribution in [0.1, 0.15) is 18.4 Å². The van der Waals surface area contributed by atoms with Crippen molar-refractivity contribution in [1.29, 1.82) is 0 Å². The first-order valence-corrected chi connectivity index (χ1v) is 6.49. The maximum absolute atomic E-state index is 12.8. The molecule has 1 heterocycles. The van der Waals surface area contributed by atoms with E-state index in [0.29, 0.717) is 5.92 Å². The van der Waals surface area contributed by atoms with Crippen molar-refractivity contribution in [3.63, 3.8) is 0 Å². The normalized spacial score (nSPS) is 18.6. The minimum atomic E-state index is -0.182. The van der Waals surface area contributed by atoms with Crippen molar-refractivity contribution in [2.24, 2.45) is 5.92 Å². The van der Waals surface area contributed by atoms with Crippen LogP contribution < -0.4 is 0 Å². The molecule has 86 valence electrons. The number of hydrogen-bond donors (Lipinski definition) is 0. The largest absolute Gasteiger partial charge is 0.248 e. The molecule has 1 nitrogen and oxygen atoms in total. The third-order valence-corrected chi connectivity index (χ3v) is 4.11. The molecule has 0 aliphatic carbocycles. The second kappa shape index (κ2) is 5.27. The lowest BCUT2D eigenvalue weighted by Gasteiger charge is -2.29. The van der Waals surface area contributed by atoms with Crippen LogP contribution in [0.2, 0.25) is 0 Å². The van der Waals surface area contributed by atoms with Crippen LogP contribution in [0.15, 0.2) is 30.8 Å². The summed E-state index contributed by atoms with van der Waals surface area (Å²) in [6.45, 7) is 6.39. The van der Waals surface area contributed by atoms with E-state index in [0.717, 1.165) is 37.1 Å². The molecule has 16 heavy (non-hydrogen) atoms. The van der Waals surface area contributed by atoms with E-state index in [4.69, 9.17) is 0 Å². The number of halogens is 2. The zero-order valence-corrected chi connectivity index (χ0v) is 11.3. The zero-order chi connectivity index (χ0) is 11.5. The fraction of sp³-hybridized carbons (Fsp3) is 0.385. The van der Waals surface area contributed by atoms with E-state index in [1.807, 2.05) is 12.1 Å². The molecule has 0 radical (unpaired) electrons. The van der Waals surface area contributed by atoms with E-state index in [1.165, 1.54) is 12.1 Å². The summed E-state index contributed by atoms with van der Waals surface area (Å²) < 4.78 is 15.1. The van der Waals surface area contributed by atoms with Gasteiger partial charge in [0.25, 0.3) is 0 Å². The highest BCUT2D eigenvalue weighted by molar-refractivity contribution is 14.1. The third-order valence-electron chi connectivity index (χ3n) is 3.15. The molecule has 0 unspecified atom stereocenters. The Morgan fingerprint density at radius 2 is 1.81 bits per heavy atom. The fourth-order valence-corrected chi connectivity index (χ4v) is 2.65. The lowest BCUT2D eigenvalue weighted by atomic mass is 9.87. The fourth-order valence-electron chi connectivity index (χ4n) is 2.10. The minimum absolute atomic E-state index is 0.182. The van der Waals surface area contributed by atoms with Crippen LogP contribution in [-0.4, -0.2) is 16.2 Å². The summed E-state index contributed by atoms with van der Waals surface area (Å²) in [5.74, 6) is 0.370. The highest BCUT2D eigenvalue weighted by Gasteiger charge is 2.20. The Labute approximate surface area is 110 Å². The number of benzene rings is 1. The first kappa shape index (κ1) is 12.0. The summed E-state index contributed by atoms with van der Waals surface area (Å²) in [6, 6.07) is 6.67. The summed E-state index contributed by atoms with van der Waals surface area (Å²) in [7, 11) is 0. The van der Waals surface area contributed by atoms with Crippen LogP contribution in [0, 0.1) is 11.7 Å². The molecule has 0 spiro atoms. The van der Waals surface area contributed by atoms with Gasteiger partial charge < -0.3 is 0 Å². The molecule has 1 aliphatic heterocycles. The van der Waals surface area contributed by atoms with Gasteiger partial charge in [-0.05, 0) is 42.0 Å². The van der Waals surface area contributed by atoms with Crippen LogP contribution in [0.3, 0.4) is 0 Å². The third kappa shape index (κ3) is 2.83. The first-order chi connectivity index (χ1) is 7.66. The van der Waals surface area contributed by atoms with Gasteiger partial charge in [-0.3, -0.25) is 0 Å². The Morgan fingerprint density at radius 1 is 1.25 bits per heavy atom. The molecule has 2 rings (SSSR count). The van der Waals surface area contributed by atoms with Crippen molar-refractivity contribution in [1.82, 2.24) is 3.11 Å². The molecule has 0 saturated carbocycles. The van der Waals surface area contributed by atoms with E-state index in [9.17, 15) is 4.39 Å². The molecule has 0 aromatic heterocycles. The summed E-state index contributed by atoms with van der Waals surface area (Å²) >= 11 is 2.36. The van der Waals surface area contributed by atoms with E-state index < -0.39 is 0 Å². The van der Waals surface area contributed by atoms with Gasteiger partial charge in [0, 0.05) is 36.0 Å². The second-order valence-corrected chi connectivity index (χ2v) is 5.58. The van der Waals surface area contributed by atoms with E-state index in [-0.39, 0.29) is 5.82 Å². The predicted octanol–water partition coefficient (Wildman–Crippen LogP) is 3.90. The first-order valence-electron chi connectivity index (χ1n) is 5.52. The van der Waals surface area contributed by atoms with Gasteiger partial charge >= 0.3 is 0 Å². The Morgan fingerprint density at radius 3 is 2.38 bits per heavy atom. The molecular formula is C13H15FIN. The van der Waals surface area contributed by atoms with Crippen LogP contribution >= 0.6 is 22.9 Å². The lowest BCUT2D eigenvalue weighted by molar-refractivity contribution is 0.358. The molecule has 3 heteroatoms. The molecular weight excluding hydrogens is 316 g/mol. The van der Waals surface area contributed by atoms with Gasteiger partial charge in [0.2, 0.25) is 0 Å². The molecule has 0 bridgehead atoms. The number of rotatable bonds is 2. The van der Waals surface area contributed by atoms with Crippen molar-refractivity contribution in [3.8, 4) is 0 Å². The summed E-state index contributed by atoms with van der Waals surface area (Å²) in [5.41, 5.74) is 2.23. The van der Waals surface area contributed by atoms with Crippen molar-refractivity contribution >= 4 is 28.4 Å². The quantitative estimate of drug-likeness (QED) is 0.587. The molecule has 0 amide bonds. The molecule has 1 aromatic carbocycles. The average Bonchev–Trinajstić information content (AvgIpc) is 2.30. The van der Waals surface area contributed by atoms with Gasteiger partial charge in [0.05, 0.1) is 0 Å². The minimum Gasteiger partial charge on any atom is -0.248 e. The number of nitrogens with zero attached hydrogens (tertiary/aromatic N) is 1. The van der Waals surface area contributed by atoms with E-state index in [1.54, 1.807) is 0 Å².